The second-order valence-corrected chi connectivity index (χ2v) is 9.39. The van der Waals surface area contributed by atoms with Crippen LogP contribution >= 0.6 is 0 Å². The Hall–Kier alpha value is -4.57. The van der Waals surface area contributed by atoms with Gasteiger partial charge in [-0.3, -0.25) is 9.36 Å². The summed E-state index contributed by atoms with van der Waals surface area (Å²) in [5, 5.41) is 7.53. The van der Waals surface area contributed by atoms with Crippen LogP contribution in [0.5, 0.6) is 0 Å². The summed E-state index contributed by atoms with van der Waals surface area (Å²) in [5.74, 6) is 1.78. The number of aromatic nitrogens is 6. The van der Waals surface area contributed by atoms with E-state index in [4.69, 9.17) is 20.4 Å². The van der Waals surface area contributed by atoms with Crippen LogP contribution in [0.3, 0.4) is 0 Å². The molecule has 0 spiro atoms. The number of amides is 1. The van der Waals surface area contributed by atoms with E-state index in [1.165, 1.54) is 5.56 Å². The number of rotatable bonds is 5. The molecule has 0 bridgehead atoms. The lowest BCUT2D eigenvalue weighted by Gasteiger charge is -2.26. The van der Waals surface area contributed by atoms with Crippen molar-refractivity contribution in [3.8, 4) is 22.9 Å². The number of carbonyl (C=O) groups excluding carboxylic acids is 1. The molecule has 5 heterocycles. The number of nitrogens with two attached hydrogens (primary N) is 1. The maximum atomic E-state index is 12.5. The molecule has 3 N–H and O–H groups in total. The molecule has 1 aromatic carbocycles. The normalized spacial score (nSPS) is 17.0. The van der Waals surface area contributed by atoms with Crippen LogP contribution in [0.2, 0.25) is 0 Å². The molecule has 7 rings (SSSR count). The molecule has 37 heavy (non-hydrogen) atoms. The quantitative estimate of drug-likeness (QED) is 0.386. The third kappa shape index (κ3) is 3.64. The van der Waals surface area contributed by atoms with Gasteiger partial charge in [-0.15, -0.1) is 0 Å². The topological polar surface area (TPSA) is 126 Å². The van der Waals surface area contributed by atoms with Gasteiger partial charge in [0, 0.05) is 24.3 Å². The minimum Gasteiger partial charge on any atom is -0.383 e. The molecule has 5 aromatic rings. The molecule has 2 aliphatic rings. The van der Waals surface area contributed by atoms with Crippen LogP contribution in [-0.2, 0) is 16.0 Å². The first kappa shape index (κ1) is 21.7. The number of benzene rings is 1. The third-order valence-corrected chi connectivity index (χ3v) is 7.10. The van der Waals surface area contributed by atoms with Gasteiger partial charge >= 0.3 is 0 Å². The van der Waals surface area contributed by atoms with Gasteiger partial charge in [0.25, 0.3) is 0 Å². The molecule has 10 heteroatoms. The largest absolute Gasteiger partial charge is 0.383 e. The first-order valence-electron chi connectivity index (χ1n) is 12.3. The Balaban J connectivity index is 1.34. The minimum atomic E-state index is -0.0387. The molecule has 0 radical (unpaired) electrons. The summed E-state index contributed by atoms with van der Waals surface area (Å²) in [6, 6.07) is 15.8. The van der Waals surface area contributed by atoms with Gasteiger partial charge in [-0.1, -0.05) is 6.07 Å². The number of carbonyl (C=O) groups is 1. The standard InChI is InChI=1S/C27H24N8O2/c28-24-20(3-1-10-29-24)25-31-22-8-9-23(34-12-2-11-30-34)33-26(22)35(25)18-5-6-19-16(13-18)4-7-21(19)32-27(36)17-14-37-15-17/h1-3,5-6,8-13,17,21H,4,7,14-15H2,(H2,28,29)(H,32,36)/t21-/m0/s1. The summed E-state index contributed by atoms with van der Waals surface area (Å²) < 4.78 is 8.92. The van der Waals surface area contributed by atoms with Crippen molar-refractivity contribution < 1.29 is 9.53 Å². The Labute approximate surface area is 212 Å². The van der Waals surface area contributed by atoms with Crippen molar-refractivity contribution in [1.29, 1.82) is 0 Å². The van der Waals surface area contributed by atoms with E-state index >= 15 is 0 Å². The molecule has 184 valence electrons. The number of nitrogens with zero attached hydrogens (tertiary/aromatic N) is 6. The van der Waals surface area contributed by atoms with Crippen LogP contribution in [0.4, 0.5) is 5.82 Å². The zero-order valence-corrected chi connectivity index (χ0v) is 19.9. The number of hydrogen-bond acceptors (Lipinski definition) is 7. The number of fused-ring (bicyclic) bond motifs is 2. The molecular formula is C27H24N8O2. The van der Waals surface area contributed by atoms with E-state index in [0.717, 1.165) is 35.2 Å². The second-order valence-electron chi connectivity index (χ2n) is 9.39. The predicted octanol–water partition coefficient (Wildman–Crippen LogP) is 3.00. The molecule has 10 nitrogen and oxygen atoms in total. The summed E-state index contributed by atoms with van der Waals surface area (Å²) in [5.41, 5.74) is 11.7. The molecule has 1 fully saturated rings. The molecule has 0 saturated carbocycles. The molecule has 4 aromatic heterocycles. The van der Waals surface area contributed by atoms with Gasteiger partial charge in [0.1, 0.15) is 11.3 Å². The Morgan fingerprint density at radius 2 is 2.00 bits per heavy atom. The lowest BCUT2D eigenvalue weighted by molar-refractivity contribution is -0.139. The molecule has 1 aliphatic carbocycles. The minimum absolute atomic E-state index is 0.00895. The van der Waals surface area contributed by atoms with Crippen LogP contribution in [0.25, 0.3) is 34.1 Å². The van der Waals surface area contributed by atoms with Crippen molar-refractivity contribution in [1.82, 2.24) is 34.6 Å². The second kappa shape index (κ2) is 8.52. The van der Waals surface area contributed by atoms with Crippen molar-refractivity contribution >= 4 is 22.9 Å². The van der Waals surface area contributed by atoms with Crippen molar-refractivity contribution in [2.45, 2.75) is 18.9 Å². The highest BCUT2D eigenvalue weighted by Gasteiger charge is 2.31. The predicted molar refractivity (Wildman–Crippen MR) is 137 cm³/mol. The average Bonchev–Trinajstić information content (AvgIpc) is 3.61. The maximum Gasteiger partial charge on any atom is 0.228 e. The van der Waals surface area contributed by atoms with Crippen LogP contribution < -0.4 is 11.1 Å². The summed E-state index contributed by atoms with van der Waals surface area (Å²) in [7, 11) is 0. The fourth-order valence-corrected chi connectivity index (χ4v) is 5.08. The highest BCUT2D eigenvalue weighted by molar-refractivity contribution is 5.83. The van der Waals surface area contributed by atoms with Gasteiger partial charge in [0.05, 0.1) is 30.7 Å². The molecule has 1 aliphatic heterocycles. The summed E-state index contributed by atoms with van der Waals surface area (Å²) in [6.07, 6.45) is 6.98. The van der Waals surface area contributed by atoms with Gasteiger partial charge < -0.3 is 15.8 Å². The van der Waals surface area contributed by atoms with E-state index in [2.05, 4.69) is 33.6 Å². The van der Waals surface area contributed by atoms with Gasteiger partial charge in [-0.05, 0) is 66.4 Å². The van der Waals surface area contributed by atoms with Crippen LogP contribution in [0, 0.1) is 5.92 Å². The van der Waals surface area contributed by atoms with E-state index in [-0.39, 0.29) is 17.9 Å². The van der Waals surface area contributed by atoms with Crippen LogP contribution in [0.15, 0.2) is 67.1 Å². The molecule has 1 amide bonds. The molecule has 0 unspecified atom stereocenters. The Kier molecular flexibility index (Phi) is 5.00. The first-order valence-corrected chi connectivity index (χ1v) is 12.3. The number of ether oxygens (including phenoxy) is 1. The van der Waals surface area contributed by atoms with E-state index < -0.39 is 0 Å². The van der Waals surface area contributed by atoms with Crippen LogP contribution in [-0.4, -0.2) is 48.4 Å². The van der Waals surface area contributed by atoms with Crippen molar-refractivity contribution in [2.24, 2.45) is 5.92 Å². The molecule has 1 atom stereocenters. The van der Waals surface area contributed by atoms with E-state index in [1.54, 1.807) is 17.1 Å². The zero-order chi connectivity index (χ0) is 24.9. The van der Waals surface area contributed by atoms with Crippen molar-refractivity contribution in [2.75, 3.05) is 18.9 Å². The monoisotopic (exact) mass is 492 g/mol. The number of nitrogen functional groups attached to an aromatic ring is 1. The SMILES string of the molecule is Nc1ncccc1-c1nc2ccc(-n3cccn3)nc2n1-c1ccc2c(c1)CC[C@@H]2NC(=O)C1COC1. The number of hydrogen-bond donors (Lipinski definition) is 2. The van der Waals surface area contributed by atoms with Crippen molar-refractivity contribution in [3.63, 3.8) is 0 Å². The van der Waals surface area contributed by atoms with Gasteiger partial charge in [-0.2, -0.15) is 5.10 Å². The lowest BCUT2D eigenvalue weighted by Crippen LogP contribution is -2.43. The molecule has 1 saturated heterocycles. The average molecular weight is 493 g/mol. The zero-order valence-electron chi connectivity index (χ0n) is 19.9. The summed E-state index contributed by atoms with van der Waals surface area (Å²) in [4.78, 5) is 26.6. The Bertz CT molecular complexity index is 1640. The van der Waals surface area contributed by atoms with E-state index in [1.807, 2.05) is 41.1 Å². The van der Waals surface area contributed by atoms with Gasteiger partial charge in [0.2, 0.25) is 5.91 Å². The maximum absolute atomic E-state index is 12.5. The summed E-state index contributed by atoms with van der Waals surface area (Å²) >= 11 is 0. The smallest absolute Gasteiger partial charge is 0.228 e. The fraction of sp³-hybridized carbons (Fsp3) is 0.222. The highest BCUT2D eigenvalue weighted by Crippen LogP contribution is 2.36. The van der Waals surface area contributed by atoms with E-state index in [9.17, 15) is 4.79 Å². The van der Waals surface area contributed by atoms with E-state index in [0.29, 0.717) is 36.3 Å². The number of aryl methyl sites for hydroxylation is 1. The number of nitrogens with one attached hydrogen (secondary N) is 1. The lowest BCUT2D eigenvalue weighted by atomic mass is 10.0. The summed E-state index contributed by atoms with van der Waals surface area (Å²) in [6.45, 7) is 1.01. The fourth-order valence-electron chi connectivity index (χ4n) is 5.08. The van der Waals surface area contributed by atoms with Gasteiger partial charge in [0.15, 0.2) is 17.3 Å². The third-order valence-electron chi connectivity index (χ3n) is 7.10. The Morgan fingerprint density at radius 1 is 1.08 bits per heavy atom. The number of anilines is 1. The first-order chi connectivity index (χ1) is 18.2. The molecular weight excluding hydrogens is 468 g/mol. The van der Waals surface area contributed by atoms with Crippen LogP contribution in [0.1, 0.15) is 23.6 Å². The van der Waals surface area contributed by atoms with Crippen molar-refractivity contribution in [3.05, 3.63) is 78.2 Å². The Morgan fingerprint density at radius 3 is 2.78 bits per heavy atom. The highest BCUT2D eigenvalue weighted by atomic mass is 16.5. The van der Waals surface area contributed by atoms with Gasteiger partial charge in [-0.25, -0.2) is 19.6 Å². The number of pyridine rings is 2. The number of imidazole rings is 1.